The highest BCUT2D eigenvalue weighted by Crippen LogP contribution is 2.28. The Bertz CT molecular complexity index is 981. The maximum Gasteiger partial charge on any atom is 0.252 e. The molecule has 0 aliphatic carbocycles. The summed E-state index contributed by atoms with van der Waals surface area (Å²) in [5.74, 6) is 0. The quantitative estimate of drug-likeness (QED) is 0.730. The Balaban J connectivity index is 2.27. The third-order valence-electron chi connectivity index (χ3n) is 3.97. The summed E-state index contributed by atoms with van der Waals surface area (Å²) in [5, 5.41) is 9.10. The monoisotopic (exact) mass is 304 g/mol. The number of pyridine rings is 2. The summed E-state index contributed by atoms with van der Waals surface area (Å²) in [6.07, 6.45) is 0. The van der Waals surface area contributed by atoms with Crippen LogP contribution in [0.25, 0.3) is 11.0 Å². The molecule has 0 fully saturated rings. The number of fused-ring (bicyclic) bond motifs is 1. The minimum absolute atomic E-state index is 0.113. The Morgan fingerprint density at radius 2 is 1.87 bits per heavy atom. The van der Waals surface area contributed by atoms with Gasteiger partial charge in [-0.15, -0.1) is 0 Å². The predicted molar refractivity (Wildman–Crippen MR) is 90.9 cm³/mol. The Labute approximate surface area is 134 Å². The fourth-order valence-electron chi connectivity index (χ4n) is 2.54. The van der Waals surface area contributed by atoms with Crippen molar-refractivity contribution in [3.8, 4) is 6.07 Å². The number of rotatable bonds is 2. The van der Waals surface area contributed by atoms with Crippen LogP contribution in [0.4, 0.5) is 11.4 Å². The molecule has 3 rings (SSSR count). The van der Waals surface area contributed by atoms with E-state index in [9.17, 15) is 4.79 Å². The van der Waals surface area contributed by atoms with Crippen molar-refractivity contribution in [1.29, 1.82) is 5.26 Å². The van der Waals surface area contributed by atoms with E-state index in [1.54, 1.807) is 25.2 Å². The number of nitriles is 1. The molecule has 5 heteroatoms. The van der Waals surface area contributed by atoms with E-state index in [0.29, 0.717) is 22.4 Å². The van der Waals surface area contributed by atoms with Crippen LogP contribution in [0.2, 0.25) is 0 Å². The van der Waals surface area contributed by atoms with E-state index >= 15 is 0 Å². The van der Waals surface area contributed by atoms with E-state index < -0.39 is 0 Å². The number of aryl methyl sites for hydroxylation is 2. The van der Waals surface area contributed by atoms with E-state index in [4.69, 9.17) is 5.26 Å². The number of hydrogen-bond acceptors (Lipinski definition) is 4. The molecule has 0 saturated carbocycles. The Morgan fingerprint density at radius 3 is 2.52 bits per heavy atom. The number of aromatic nitrogens is 2. The van der Waals surface area contributed by atoms with Crippen LogP contribution in [-0.2, 0) is 7.05 Å². The first-order valence-electron chi connectivity index (χ1n) is 7.22. The molecule has 0 atom stereocenters. The van der Waals surface area contributed by atoms with Gasteiger partial charge in [-0.2, -0.15) is 5.26 Å². The van der Waals surface area contributed by atoms with Crippen LogP contribution in [0.1, 0.15) is 11.3 Å². The van der Waals surface area contributed by atoms with Crippen molar-refractivity contribution in [2.45, 2.75) is 6.92 Å². The summed E-state index contributed by atoms with van der Waals surface area (Å²) < 4.78 is 1.54. The maximum atomic E-state index is 12.2. The van der Waals surface area contributed by atoms with Crippen LogP contribution >= 0.6 is 0 Å². The average Bonchev–Trinajstić information content (AvgIpc) is 2.57. The highest BCUT2D eigenvalue weighted by molar-refractivity contribution is 5.90. The lowest BCUT2D eigenvalue weighted by molar-refractivity contribution is 0.901. The molecule has 1 aromatic carbocycles. The molecular formula is C18H16N4O. The standard InChI is InChI=1S/C18H16N4O/c1-12-4-7-14(8-5-12)21(2)16-10-17(23)22(3)15-9-6-13(11-19)20-18(15)16/h4-10H,1-3H3. The number of nitrogens with zero attached hydrogens (tertiary/aromatic N) is 4. The van der Waals surface area contributed by atoms with Crippen LogP contribution in [0.3, 0.4) is 0 Å². The number of hydrogen-bond donors (Lipinski definition) is 0. The molecule has 0 amide bonds. The second-order valence-electron chi connectivity index (χ2n) is 5.50. The minimum atomic E-state index is -0.113. The summed E-state index contributed by atoms with van der Waals surface area (Å²) in [4.78, 5) is 18.6. The van der Waals surface area contributed by atoms with Gasteiger partial charge in [-0.25, -0.2) is 4.98 Å². The minimum Gasteiger partial charge on any atom is -0.343 e. The summed E-state index contributed by atoms with van der Waals surface area (Å²) in [6.45, 7) is 2.03. The highest BCUT2D eigenvalue weighted by atomic mass is 16.1. The van der Waals surface area contributed by atoms with E-state index in [1.807, 2.05) is 49.2 Å². The first kappa shape index (κ1) is 14.8. The van der Waals surface area contributed by atoms with E-state index in [1.165, 1.54) is 10.1 Å². The molecule has 5 nitrogen and oxygen atoms in total. The molecular weight excluding hydrogens is 288 g/mol. The van der Waals surface area contributed by atoms with Crippen molar-refractivity contribution in [3.05, 3.63) is 64.1 Å². The Morgan fingerprint density at radius 1 is 1.17 bits per heavy atom. The van der Waals surface area contributed by atoms with E-state index in [-0.39, 0.29) is 5.56 Å². The second kappa shape index (κ2) is 5.58. The summed E-state index contributed by atoms with van der Waals surface area (Å²) in [7, 11) is 3.59. The smallest absolute Gasteiger partial charge is 0.252 e. The maximum absolute atomic E-state index is 12.2. The van der Waals surface area contributed by atoms with Gasteiger partial charge in [0.2, 0.25) is 0 Å². The molecule has 3 aromatic rings. The van der Waals surface area contributed by atoms with Crippen molar-refractivity contribution in [1.82, 2.24) is 9.55 Å². The zero-order valence-electron chi connectivity index (χ0n) is 13.2. The van der Waals surface area contributed by atoms with Crippen molar-refractivity contribution in [3.63, 3.8) is 0 Å². The first-order valence-corrected chi connectivity index (χ1v) is 7.22. The molecule has 2 heterocycles. The summed E-state index contributed by atoms with van der Waals surface area (Å²) in [5.41, 5.74) is 4.35. The molecule has 0 N–H and O–H groups in total. The average molecular weight is 304 g/mol. The molecule has 23 heavy (non-hydrogen) atoms. The topological polar surface area (TPSA) is 61.9 Å². The van der Waals surface area contributed by atoms with Crippen molar-refractivity contribution >= 4 is 22.4 Å². The van der Waals surface area contributed by atoms with Gasteiger partial charge in [0.1, 0.15) is 17.3 Å². The highest BCUT2D eigenvalue weighted by Gasteiger charge is 2.14. The van der Waals surface area contributed by atoms with Gasteiger partial charge in [0, 0.05) is 25.8 Å². The zero-order chi connectivity index (χ0) is 16.6. The fraction of sp³-hybridized carbons (Fsp3) is 0.167. The van der Waals surface area contributed by atoms with Gasteiger partial charge in [-0.3, -0.25) is 4.79 Å². The molecule has 0 spiro atoms. The van der Waals surface area contributed by atoms with Crippen LogP contribution in [0.5, 0.6) is 0 Å². The molecule has 0 saturated heterocycles. The van der Waals surface area contributed by atoms with Crippen LogP contribution < -0.4 is 10.5 Å². The molecule has 0 bridgehead atoms. The number of anilines is 2. The molecule has 0 unspecified atom stereocenters. The van der Waals surface area contributed by atoms with Crippen molar-refractivity contribution in [2.24, 2.45) is 7.05 Å². The first-order chi connectivity index (χ1) is 11.0. The number of benzene rings is 1. The summed E-state index contributed by atoms with van der Waals surface area (Å²) in [6, 6.07) is 15.0. The van der Waals surface area contributed by atoms with Gasteiger partial charge in [-0.05, 0) is 31.2 Å². The SMILES string of the molecule is Cc1ccc(N(C)c2cc(=O)n(C)c3ccc(C#N)nc23)cc1. The van der Waals surface area contributed by atoms with Gasteiger partial charge >= 0.3 is 0 Å². The van der Waals surface area contributed by atoms with Crippen molar-refractivity contribution < 1.29 is 0 Å². The Kier molecular flexibility index (Phi) is 3.59. The van der Waals surface area contributed by atoms with Gasteiger partial charge in [0.15, 0.2) is 0 Å². The zero-order valence-corrected chi connectivity index (χ0v) is 13.2. The van der Waals surface area contributed by atoms with Crippen molar-refractivity contribution in [2.75, 3.05) is 11.9 Å². The van der Waals surface area contributed by atoms with E-state index in [0.717, 1.165) is 5.69 Å². The Hall–Kier alpha value is -3.13. The normalized spacial score (nSPS) is 10.5. The molecule has 114 valence electrons. The fourth-order valence-corrected chi connectivity index (χ4v) is 2.54. The van der Waals surface area contributed by atoms with Crippen LogP contribution in [-0.4, -0.2) is 16.6 Å². The molecule has 0 aliphatic rings. The summed E-state index contributed by atoms with van der Waals surface area (Å²) >= 11 is 0. The van der Waals surface area contributed by atoms with Crippen LogP contribution in [0.15, 0.2) is 47.3 Å². The lowest BCUT2D eigenvalue weighted by atomic mass is 10.2. The van der Waals surface area contributed by atoms with Gasteiger partial charge in [0.25, 0.3) is 5.56 Å². The van der Waals surface area contributed by atoms with Gasteiger partial charge in [0.05, 0.1) is 11.2 Å². The lowest BCUT2D eigenvalue weighted by Crippen LogP contribution is -2.20. The van der Waals surface area contributed by atoms with E-state index in [2.05, 4.69) is 4.98 Å². The third-order valence-corrected chi connectivity index (χ3v) is 3.97. The molecule has 0 aliphatic heterocycles. The van der Waals surface area contributed by atoms with Gasteiger partial charge in [-0.1, -0.05) is 17.7 Å². The largest absolute Gasteiger partial charge is 0.343 e. The predicted octanol–water partition coefficient (Wildman–Crippen LogP) is 2.88. The molecule has 0 radical (unpaired) electrons. The lowest BCUT2D eigenvalue weighted by Gasteiger charge is -2.21. The molecule has 2 aromatic heterocycles. The van der Waals surface area contributed by atoms with Gasteiger partial charge < -0.3 is 9.47 Å². The second-order valence-corrected chi connectivity index (χ2v) is 5.50. The van der Waals surface area contributed by atoms with Crippen LogP contribution in [0, 0.1) is 18.3 Å². The third kappa shape index (κ3) is 2.55.